The fraction of sp³-hybridized carbons (Fsp3) is 0.500. The smallest absolute Gasteiger partial charge is 0.330 e. The molecule has 0 unspecified atom stereocenters. The van der Waals surface area contributed by atoms with Gasteiger partial charge in [0.25, 0.3) is 11.5 Å². The predicted molar refractivity (Wildman–Crippen MR) is 126 cm³/mol. The molecule has 0 saturated heterocycles. The highest BCUT2D eigenvalue weighted by Gasteiger charge is 2.26. The highest BCUT2D eigenvalue weighted by atomic mass is 16.5. The Balaban J connectivity index is 1.56. The number of fused-ring (bicyclic) bond motifs is 1. The van der Waals surface area contributed by atoms with Crippen LogP contribution in [-0.4, -0.2) is 31.6 Å². The lowest BCUT2D eigenvalue weighted by atomic mass is 10.1. The van der Waals surface area contributed by atoms with E-state index in [4.69, 9.17) is 15.5 Å². The average molecular weight is 454 g/mol. The maximum absolute atomic E-state index is 12.8. The van der Waals surface area contributed by atoms with Crippen molar-refractivity contribution in [3.05, 3.63) is 56.5 Å². The second kappa shape index (κ2) is 10.1. The summed E-state index contributed by atoms with van der Waals surface area (Å²) in [5.41, 5.74) is 6.39. The molecule has 33 heavy (non-hydrogen) atoms. The van der Waals surface area contributed by atoms with Crippen molar-refractivity contribution in [2.75, 3.05) is 6.61 Å². The van der Waals surface area contributed by atoms with Gasteiger partial charge >= 0.3 is 5.69 Å². The molecule has 1 amide bonds. The topological polar surface area (TPSA) is 125 Å². The second-order valence-electron chi connectivity index (χ2n) is 8.69. The molecule has 0 aliphatic heterocycles. The van der Waals surface area contributed by atoms with E-state index >= 15 is 0 Å². The summed E-state index contributed by atoms with van der Waals surface area (Å²) in [6.07, 6.45) is 6.88. The standard InChI is InChI=1S/C24H31N5O4/c1-2-13-28-21(17-7-3-4-8-17)26-20-22(31)27-24(32)29(23(20)28)14-5-6-16-9-11-18(12-10-16)33-15-19(25)30/h9-12,17H,2-8,13-15H2,1H3,(H2,25,30)(H,27,31,32). The molecular formula is C24H31N5O4. The largest absolute Gasteiger partial charge is 0.484 e. The minimum atomic E-state index is -0.518. The molecule has 3 N–H and O–H groups in total. The van der Waals surface area contributed by atoms with Crippen molar-refractivity contribution in [3.8, 4) is 5.75 Å². The van der Waals surface area contributed by atoms with Crippen LogP contribution in [0.15, 0.2) is 33.9 Å². The first-order chi connectivity index (χ1) is 16.0. The highest BCUT2D eigenvalue weighted by Crippen LogP contribution is 2.34. The lowest BCUT2D eigenvalue weighted by Crippen LogP contribution is -2.31. The number of aromatic amines is 1. The molecule has 1 aliphatic carbocycles. The zero-order valence-electron chi connectivity index (χ0n) is 19.0. The third-order valence-electron chi connectivity index (χ3n) is 6.23. The molecule has 4 rings (SSSR count). The summed E-state index contributed by atoms with van der Waals surface area (Å²) < 4.78 is 9.06. The van der Waals surface area contributed by atoms with Crippen molar-refractivity contribution in [2.45, 2.75) is 70.9 Å². The van der Waals surface area contributed by atoms with Crippen LogP contribution in [0.4, 0.5) is 0 Å². The molecule has 9 nitrogen and oxygen atoms in total. The van der Waals surface area contributed by atoms with Gasteiger partial charge in [0.2, 0.25) is 0 Å². The molecule has 1 saturated carbocycles. The van der Waals surface area contributed by atoms with Crippen LogP contribution in [0.3, 0.4) is 0 Å². The molecule has 176 valence electrons. The number of aromatic nitrogens is 4. The van der Waals surface area contributed by atoms with Gasteiger partial charge < -0.3 is 15.0 Å². The molecule has 1 aromatic carbocycles. The summed E-state index contributed by atoms with van der Waals surface area (Å²) in [5.74, 6) is 1.36. The van der Waals surface area contributed by atoms with E-state index in [1.54, 1.807) is 16.7 Å². The lowest BCUT2D eigenvalue weighted by Gasteiger charge is -2.15. The van der Waals surface area contributed by atoms with Crippen LogP contribution in [-0.2, 0) is 24.3 Å². The third kappa shape index (κ3) is 5.02. The van der Waals surface area contributed by atoms with E-state index in [-0.39, 0.29) is 6.61 Å². The summed E-state index contributed by atoms with van der Waals surface area (Å²) in [4.78, 5) is 43.4. The Morgan fingerprint density at radius 1 is 1.15 bits per heavy atom. The number of hydrogen-bond donors (Lipinski definition) is 2. The van der Waals surface area contributed by atoms with Gasteiger partial charge in [-0.25, -0.2) is 9.78 Å². The maximum atomic E-state index is 12.8. The van der Waals surface area contributed by atoms with Gasteiger partial charge in [0.1, 0.15) is 17.2 Å². The molecule has 0 atom stereocenters. The van der Waals surface area contributed by atoms with Gasteiger partial charge in [-0.15, -0.1) is 0 Å². The van der Waals surface area contributed by atoms with E-state index in [1.807, 2.05) is 12.1 Å². The van der Waals surface area contributed by atoms with Crippen LogP contribution in [0, 0.1) is 0 Å². The number of carbonyl (C=O) groups excluding carboxylic acids is 1. The Labute approximate surface area is 191 Å². The molecule has 9 heteroatoms. The number of carbonyl (C=O) groups is 1. The molecule has 0 bridgehead atoms. The number of hydrogen-bond acceptors (Lipinski definition) is 5. The number of imidazole rings is 1. The first kappa shape index (κ1) is 22.8. The fourth-order valence-electron chi connectivity index (χ4n) is 4.70. The number of nitrogens with zero attached hydrogens (tertiary/aromatic N) is 3. The van der Waals surface area contributed by atoms with Crippen molar-refractivity contribution in [1.82, 2.24) is 19.1 Å². The zero-order valence-corrected chi connectivity index (χ0v) is 19.0. The molecular weight excluding hydrogens is 422 g/mol. The molecule has 3 aromatic rings. The Bertz CT molecular complexity index is 1230. The number of rotatable bonds is 10. The summed E-state index contributed by atoms with van der Waals surface area (Å²) in [5, 5.41) is 0. The number of nitrogens with two attached hydrogens (primary N) is 1. The van der Waals surface area contributed by atoms with Crippen LogP contribution in [0.25, 0.3) is 11.2 Å². The van der Waals surface area contributed by atoms with Crippen molar-refractivity contribution in [1.29, 1.82) is 0 Å². The summed E-state index contributed by atoms with van der Waals surface area (Å²) >= 11 is 0. The second-order valence-corrected chi connectivity index (χ2v) is 8.69. The molecule has 1 fully saturated rings. The SMILES string of the molecule is CCCn1c(C2CCCC2)nc2c(=O)[nH]c(=O)n(CCCc3ccc(OCC(N)=O)cc3)c21. The van der Waals surface area contributed by atoms with Crippen molar-refractivity contribution in [2.24, 2.45) is 5.73 Å². The van der Waals surface area contributed by atoms with Crippen molar-refractivity contribution < 1.29 is 9.53 Å². The van der Waals surface area contributed by atoms with Gasteiger partial charge in [0.05, 0.1) is 0 Å². The van der Waals surface area contributed by atoms with Gasteiger partial charge in [0, 0.05) is 19.0 Å². The molecule has 1 aliphatic rings. The van der Waals surface area contributed by atoms with Crippen molar-refractivity contribution >= 4 is 17.1 Å². The number of primary amides is 1. The Morgan fingerprint density at radius 2 is 1.88 bits per heavy atom. The summed E-state index contributed by atoms with van der Waals surface area (Å²) in [6, 6.07) is 7.46. The van der Waals surface area contributed by atoms with Crippen LogP contribution >= 0.6 is 0 Å². The predicted octanol–water partition coefficient (Wildman–Crippen LogP) is 2.45. The zero-order chi connectivity index (χ0) is 23.4. The number of nitrogens with one attached hydrogen (secondary N) is 1. The lowest BCUT2D eigenvalue weighted by molar-refractivity contribution is -0.119. The summed E-state index contributed by atoms with van der Waals surface area (Å²) in [6.45, 7) is 3.15. The quantitative estimate of drug-likeness (QED) is 0.488. The number of aryl methyl sites for hydroxylation is 3. The number of H-pyrrole nitrogens is 1. The Morgan fingerprint density at radius 3 is 2.55 bits per heavy atom. The fourth-order valence-corrected chi connectivity index (χ4v) is 4.70. The minimum absolute atomic E-state index is 0.154. The van der Waals surface area contributed by atoms with E-state index in [1.165, 1.54) is 12.8 Å². The summed E-state index contributed by atoms with van der Waals surface area (Å²) in [7, 11) is 0. The normalized spacial score (nSPS) is 14.2. The van der Waals surface area contributed by atoms with E-state index in [2.05, 4.69) is 16.5 Å². The van der Waals surface area contributed by atoms with E-state index in [0.717, 1.165) is 50.0 Å². The maximum Gasteiger partial charge on any atom is 0.330 e. The van der Waals surface area contributed by atoms with E-state index in [9.17, 15) is 14.4 Å². The van der Waals surface area contributed by atoms with Gasteiger partial charge in [-0.1, -0.05) is 31.9 Å². The first-order valence-electron chi connectivity index (χ1n) is 11.7. The molecule has 0 radical (unpaired) electrons. The van der Waals surface area contributed by atoms with Crippen LogP contribution in [0.5, 0.6) is 5.75 Å². The number of amides is 1. The minimum Gasteiger partial charge on any atom is -0.484 e. The molecule has 2 aromatic heterocycles. The Hall–Kier alpha value is -3.36. The van der Waals surface area contributed by atoms with Crippen molar-refractivity contribution in [3.63, 3.8) is 0 Å². The van der Waals surface area contributed by atoms with E-state index in [0.29, 0.717) is 29.4 Å². The number of ether oxygens (including phenoxy) is 1. The van der Waals surface area contributed by atoms with Crippen LogP contribution in [0.1, 0.15) is 62.8 Å². The van der Waals surface area contributed by atoms with Gasteiger partial charge in [-0.2, -0.15) is 0 Å². The Kier molecular flexibility index (Phi) is 6.96. The van der Waals surface area contributed by atoms with Crippen LogP contribution < -0.4 is 21.7 Å². The molecule has 0 spiro atoms. The van der Waals surface area contributed by atoms with Crippen LogP contribution in [0.2, 0.25) is 0 Å². The first-order valence-corrected chi connectivity index (χ1v) is 11.7. The van der Waals surface area contributed by atoms with E-state index < -0.39 is 17.2 Å². The number of benzene rings is 1. The average Bonchev–Trinajstić information content (AvgIpc) is 3.44. The highest BCUT2D eigenvalue weighted by molar-refractivity contribution is 5.75. The van der Waals surface area contributed by atoms with Gasteiger partial charge in [0.15, 0.2) is 12.1 Å². The molecule has 2 heterocycles. The third-order valence-corrected chi connectivity index (χ3v) is 6.23. The van der Waals surface area contributed by atoms with Gasteiger partial charge in [-0.3, -0.25) is 19.1 Å². The van der Waals surface area contributed by atoms with Gasteiger partial charge in [-0.05, 0) is 49.8 Å². The monoisotopic (exact) mass is 453 g/mol.